The van der Waals surface area contributed by atoms with Gasteiger partial charge in [0.2, 0.25) is 0 Å². The second-order valence-electron chi connectivity index (χ2n) is 3.88. The van der Waals surface area contributed by atoms with Crippen LogP contribution in [0.1, 0.15) is 32.1 Å². The first-order valence-corrected chi connectivity index (χ1v) is 4.79. The molecule has 2 heteroatoms. The Morgan fingerprint density at radius 1 is 1.09 bits per heavy atom. The maximum Gasteiger partial charge on any atom is 0.0695 e. The van der Waals surface area contributed by atoms with Gasteiger partial charge in [-0.2, -0.15) is 0 Å². The predicted octanol–water partition coefficient (Wildman–Crippen LogP) is 0.899. The molecule has 2 rings (SSSR count). The Morgan fingerprint density at radius 3 is 2.73 bits per heavy atom. The van der Waals surface area contributed by atoms with Gasteiger partial charge in [-0.3, -0.25) is 0 Å². The van der Waals surface area contributed by atoms with Gasteiger partial charge >= 0.3 is 0 Å². The maximum atomic E-state index is 9.64. The van der Waals surface area contributed by atoms with E-state index < -0.39 is 0 Å². The van der Waals surface area contributed by atoms with Crippen LogP contribution < -0.4 is 5.32 Å². The highest BCUT2D eigenvalue weighted by Gasteiger charge is 2.33. The molecule has 0 aromatic carbocycles. The summed E-state index contributed by atoms with van der Waals surface area (Å²) in [4.78, 5) is 0. The normalized spacial score (nSPS) is 45.0. The van der Waals surface area contributed by atoms with Crippen LogP contribution in [-0.2, 0) is 0 Å². The molecule has 64 valence electrons. The molecule has 1 aliphatic carbocycles. The lowest BCUT2D eigenvalue weighted by Gasteiger charge is -2.39. The number of hydrogen-bond donors (Lipinski definition) is 2. The quantitative estimate of drug-likeness (QED) is 0.544. The second-order valence-corrected chi connectivity index (χ2v) is 3.88. The lowest BCUT2D eigenvalue weighted by Crippen LogP contribution is -2.51. The Bertz CT molecular complexity index is 136. The summed E-state index contributed by atoms with van der Waals surface area (Å²) in [5.41, 5.74) is 0. The standard InChI is InChI=1S/C9H17NO/c11-8-5-1-3-7-4-2-6-10-9(7)8/h7-11H,1-6H2/t7-,8-,9-/m0/s1. The van der Waals surface area contributed by atoms with Crippen molar-refractivity contribution >= 4 is 0 Å². The molecule has 0 aromatic heterocycles. The van der Waals surface area contributed by atoms with Crippen molar-refractivity contribution in [3.8, 4) is 0 Å². The molecule has 0 unspecified atom stereocenters. The molecule has 2 fully saturated rings. The van der Waals surface area contributed by atoms with E-state index in [0.29, 0.717) is 6.04 Å². The second kappa shape index (κ2) is 3.11. The summed E-state index contributed by atoms with van der Waals surface area (Å²) in [5, 5.41) is 13.1. The lowest BCUT2D eigenvalue weighted by molar-refractivity contribution is 0.0424. The van der Waals surface area contributed by atoms with E-state index in [1.54, 1.807) is 0 Å². The van der Waals surface area contributed by atoms with E-state index in [1.165, 1.54) is 25.7 Å². The van der Waals surface area contributed by atoms with Gasteiger partial charge in [0.1, 0.15) is 0 Å². The summed E-state index contributed by atoms with van der Waals surface area (Å²) in [6.07, 6.45) is 6.13. The molecule has 2 aliphatic rings. The first kappa shape index (κ1) is 7.56. The van der Waals surface area contributed by atoms with Gasteiger partial charge < -0.3 is 10.4 Å². The van der Waals surface area contributed by atoms with Crippen LogP contribution in [0.15, 0.2) is 0 Å². The molecular weight excluding hydrogens is 138 g/mol. The Labute approximate surface area is 68.0 Å². The Hall–Kier alpha value is -0.0800. The molecular formula is C9H17NO. The van der Waals surface area contributed by atoms with Crippen LogP contribution >= 0.6 is 0 Å². The fourth-order valence-corrected chi connectivity index (χ4v) is 2.52. The predicted molar refractivity (Wildman–Crippen MR) is 44.4 cm³/mol. The summed E-state index contributed by atoms with van der Waals surface area (Å²) < 4.78 is 0. The van der Waals surface area contributed by atoms with E-state index in [0.717, 1.165) is 18.9 Å². The summed E-state index contributed by atoms with van der Waals surface area (Å²) in [6, 6.07) is 0.428. The highest BCUT2D eigenvalue weighted by atomic mass is 16.3. The van der Waals surface area contributed by atoms with Gasteiger partial charge in [-0.25, -0.2) is 0 Å². The highest BCUT2D eigenvalue weighted by molar-refractivity contribution is 4.90. The Balaban J connectivity index is 1.99. The largest absolute Gasteiger partial charge is 0.391 e. The first-order chi connectivity index (χ1) is 5.38. The van der Waals surface area contributed by atoms with Crippen molar-refractivity contribution in [2.75, 3.05) is 6.54 Å². The van der Waals surface area contributed by atoms with Gasteiger partial charge in [0, 0.05) is 6.04 Å². The molecule has 2 nitrogen and oxygen atoms in total. The molecule has 11 heavy (non-hydrogen) atoms. The minimum atomic E-state index is -0.0611. The molecule has 1 heterocycles. The number of nitrogens with one attached hydrogen (secondary N) is 1. The molecule has 0 amide bonds. The van der Waals surface area contributed by atoms with Gasteiger partial charge in [0.05, 0.1) is 6.10 Å². The zero-order valence-corrected chi connectivity index (χ0v) is 6.92. The van der Waals surface area contributed by atoms with Crippen molar-refractivity contribution in [1.29, 1.82) is 0 Å². The summed E-state index contributed by atoms with van der Waals surface area (Å²) >= 11 is 0. The summed E-state index contributed by atoms with van der Waals surface area (Å²) in [5.74, 6) is 0.771. The molecule has 1 aliphatic heterocycles. The summed E-state index contributed by atoms with van der Waals surface area (Å²) in [7, 11) is 0. The molecule has 1 saturated heterocycles. The number of hydrogen-bond acceptors (Lipinski definition) is 2. The van der Waals surface area contributed by atoms with E-state index in [4.69, 9.17) is 0 Å². The van der Waals surface area contributed by atoms with E-state index >= 15 is 0 Å². The first-order valence-electron chi connectivity index (χ1n) is 4.79. The number of piperidine rings is 1. The van der Waals surface area contributed by atoms with Crippen LogP contribution in [-0.4, -0.2) is 23.8 Å². The van der Waals surface area contributed by atoms with Crippen LogP contribution in [0, 0.1) is 5.92 Å². The van der Waals surface area contributed by atoms with Crippen molar-refractivity contribution in [2.24, 2.45) is 5.92 Å². The zero-order chi connectivity index (χ0) is 7.68. The fourth-order valence-electron chi connectivity index (χ4n) is 2.52. The summed E-state index contributed by atoms with van der Waals surface area (Å²) in [6.45, 7) is 1.11. The van der Waals surface area contributed by atoms with E-state index in [2.05, 4.69) is 5.32 Å². The van der Waals surface area contributed by atoms with Crippen LogP contribution in [0.5, 0.6) is 0 Å². The third-order valence-electron chi connectivity index (χ3n) is 3.13. The lowest BCUT2D eigenvalue weighted by atomic mass is 9.78. The average molecular weight is 155 g/mol. The van der Waals surface area contributed by atoms with Gasteiger partial charge in [-0.15, -0.1) is 0 Å². The monoisotopic (exact) mass is 155 g/mol. The number of aliphatic hydroxyl groups excluding tert-OH is 1. The third kappa shape index (κ3) is 1.42. The third-order valence-corrected chi connectivity index (χ3v) is 3.13. The van der Waals surface area contributed by atoms with Crippen molar-refractivity contribution in [3.63, 3.8) is 0 Å². The highest BCUT2D eigenvalue weighted by Crippen LogP contribution is 2.30. The minimum Gasteiger partial charge on any atom is -0.391 e. The maximum absolute atomic E-state index is 9.64. The molecule has 0 spiro atoms. The van der Waals surface area contributed by atoms with Gasteiger partial charge in [0.25, 0.3) is 0 Å². The molecule has 0 aromatic rings. The van der Waals surface area contributed by atoms with Crippen LogP contribution in [0.4, 0.5) is 0 Å². The zero-order valence-electron chi connectivity index (χ0n) is 6.92. The van der Waals surface area contributed by atoms with Crippen molar-refractivity contribution in [3.05, 3.63) is 0 Å². The Morgan fingerprint density at radius 2 is 1.91 bits per heavy atom. The van der Waals surface area contributed by atoms with Gasteiger partial charge in [0.15, 0.2) is 0 Å². The van der Waals surface area contributed by atoms with Crippen molar-refractivity contribution in [2.45, 2.75) is 44.2 Å². The van der Waals surface area contributed by atoms with Gasteiger partial charge in [-0.05, 0) is 38.1 Å². The minimum absolute atomic E-state index is 0.0611. The smallest absolute Gasteiger partial charge is 0.0695 e. The topological polar surface area (TPSA) is 32.3 Å². The van der Waals surface area contributed by atoms with Crippen LogP contribution in [0.2, 0.25) is 0 Å². The molecule has 0 radical (unpaired) electrons. The van der Waals surface area contributed by atoms with Crippen LogP contribution in [0.25, 0.3) is 0 Å². The molecule has 3 atom stereocenters. The van der Waals surface area contributed by atoms with E-state index in [-0.39, 0.29) is 6.10 Å². The van der Waals surface area contributed by atoms with Crippen LogP contribution in [0.3, 0.4) is 0 Å². The molecule has 1 saturated carbocycles. The SMILES string of the molecule is O[C@H]1CCC[C@H]2CCCN[C@@H]21. The van der Waals surface area contributed by atoms with Crippen molar-refractivity contribution in [1.82, 2.24) is 5.32 Å². The van der Waals surface area contributed by atoms with E-state index in [9.17, 15) is 5.11 Å². The molecule has 2 N–H and O–H groups in total. The fraction of sp³-hybridized carbons (Fsp3) is 1.00. The number of rotatable bonds is 0. The van der Waals surface area contributed by atoms with Gasteiger partial charge in [-0.1, -0.05) is 6.42 Å². The Kier molecular flexibility index (Phi) is 2.14. The molecule has 0 bridgehead atoms. The van der Waals surface area contributed by atoms with Crippen molar-refractivity contribution < 1.29 is 5.11 Å². The average Bonchev–Trinajstić information content (AvgIpc) is 2.06. The number of aliphatic hydroxyl groups is 1. The number of fused-ring (bicyclic) bond motifs is 1. The van der Waals surface area contributed by atoms with E-state index in [1.807, 2.05) is 0 Å².